The molecule has 1 heterocycles. The average Bonchev–Trinajstić information content (AvgIpc) is 3.04. The Kier molecular flexibility index (Phi) is 4.16. The number of methoxy groups -OCH3 is 1. The fraction of sp³-hybridized carbons (Fsp3) is 0.211. The van der Waals surface area contributed by atoms with E-state index in [9.17, 15) is 10.2 Å². The van der Waals surface area contributed by atoms with Crippen LogP contribution in [0, 0.1) is 0 Å². The monoisotopic (exact) mass is 324 g/mol. The van der Waals surface area contributed by atoms with Crippen LogP contribution < -0.4 is 4.74 Å². The number of nitrogens with zero attached hydrogens (tertiary/aromatic N) is 2. The fourth-order valence-electron chi connectivity index (χ4n) is 2.70. The van der Waals surface area contributed by atoms with Gasteiger partial charge in [0.05, 0.1) is 25.3 Å². The van der Waals surface area contributed by atoms with Gasteiger partial charge < -0.3 is 14.9 Å². The minimum atomic E-state index is 0.0205. The molecule has 0 saturated heterocycles. The smallest absolute Gasteiger partial charge is 0.128 e. The Balaban J connectivity index is 2.11. The second-order valence-corrected chi connectivity index (χ2v) is 5.93. The third-order valence-corrected chi connectivity index (χ3v) is 4.03. The number of benzene rings is 2. The van der Waals surface area contributed by atoms with Gasteiger partial charge in [0.1, 0.15) is 17.2 Å². The van der Waals surface area contributed by atoms with Gasteiger partial charge in [-0.2, -0.15) is 0 Å². The highest BCUT2D eigenvalue weighted by Gasteiger charge is 2.16. The van der Waals surface area contributed by atoms with Gasteiger partial charge in [0.25, 0.3) is 0 Å². The van der Waals surface area contributed by atoms with Crippen LogP contribution in [0.5, 0.6) is 17.2 Å². The van der Waals surface area contributed by atoms with Crippen LogP contribution >= 0.6 is 0 Å². The number of phenols is 2. The van der Waals surface area contributed by atoms with Gasteiger partial charge in [0, 0.05) is 17.3 Å². The number of rotatable bonds is 4. The van der Waals surface area contributed by atoms with Gasteiger partial charge in [-0.3, -0.25) is 4.57 Å². The SMILES string of the molecule is COc1ccc(-n2cncc2-c2cc(C(C)C)c(O)cc2O)cc1. The summed E-state index contributed by atoms with van der Waals surface area (Å²) in [6.07, 6.45) is 3.39. The molecule has 0 bridgehead atoms. The molecule has 3 aromatic rings. The summed E-state index contributed by atoms with van der Waals surface area (Å²) in [5, 5.41) is 20.3. The fourth-order valence-corrected chi connectivity index (χ4v) is 2.70. The molecule has 0 saturated carbocycles. The molecule has 0 aliphatic carbocycles. The summed E-state index contributed by atoms with van der Waals surface area (Å²) >= 11 is 0. The molecule has 5 nitrogen and oxygen atoms in total. The molecular weight excluding hydrogens is 304 g/mol. The van der Waals surface area contributed by atoms with E-state index in [1.54, 1.807) is 19.6 Å². The predicted octanol–water partition coefficient (Wildman–Crippen LogP) is 4.08. The first-order valence-corrected chi connectivity index (χ1v) is 7.74. The highest BCUT2D eigenvalue weighted by molar-refractivity contribution is 5.71. The van der Waals surface area contributed by atoms with Crippen molar-refractivity contribution in [2.75, 3.05) is 7.11 Å². The van der Waals surface area contributed by atoms with Gasteiger partial charge in [-0.25, -0.2) is 4.98 Å². The molecule has 0 aliphatic heterocycles. The highest BCUT2D eigenvalue weighted by Crippen LogP contribution is 2.38. The Labute approximate surface area is 140 Å². The van der Waals surface area contributed by atoms with Crippen LogP contribution in [0.1, 0.15) is 25.3 Å². The van der Waals surface area contributed by atoms with Crippen molar-refractivity contribution in [2.45, 2.75) is 19.8 Å². The highest BCUT2D eigenvalue weighted by atomic mass is 16.5. The first-order chi connectivity index (χ1) is 11.5. The maximum Gasteiger partial charge on any atom is 0.128 e. The first kappa shape index (κ1) is 15.9. The molecule has 5 heteroatoms. The van der Waals surface area contributed by atoms with Crippen LogP contribution in [0.3, 0.4) is 0 Å². The van der Waals surface area contributed by atoms with Crippen LogP contribution in [0.25, 0.3) is 16.9 Å². The Morgan fingerprint density at radius 3 is 2.38 bits per heavy atom. The number of hydrogen-bond donors (Lipinski definition) is 2. The second-order valence-electron chi connectivity index (χ2n) is 5.93. The van der Waals surface area contributed by atoms with Gasteiger partial charge in [-0.1, -0.05) is 13.8 Å². The zero-order chi connectivity index (χ0) is 17.3. The Hall–Kier alpha value is -2.95. The molecule has 0 atom stereocenters. The number of ether oxygens (including phenoxy) is 1. The van der Waals surface area contributed by atoms with Crippen molar-refractivity contribution in [3.8, 4) is 34.2 Å². The zero-order valence-electron chi connectivity index (χ0n) is 13.9. The molecule has 2 N–H and O–H groups in total. The third-order valence-electron chi connectivity index (χ3n) is 4.03. The van der Waals surface area contributed by atoms with E-state index < -0.39 is 0 Å². The normalized spacial score (nSPS) is 11.0. The van der Waals surface area contributed by atoms with Gasteiger partial charge in [0.15, 0.2) is 0 Å². The van der Waals surface area contributed by atoms with Crippen LogP contribution in [0.2, 0.25) is 0 Å². The minimum absolute atomic E-state index is 0.0205. The molecule has 2 aromatic carbocycles. The number of imidazole rings is 1. The summed E-state index contributed by atoms with van der Waals surface area (Å²) in [6.45, 7) is 3.99. The second kappa shape index (κ2) is 6.28. The van der Waals surface area contributed by atoms with Gasteiger partial charge in [0.2, 0.25) is 0 Å². The Morgan fingerprint density at radius 2 is 1.75 bits per heavy atom. The topological polar surface area (TPSA) is 67.5 Å². The van der Waals surface area contributed by atoms with E-state index >= 15 is 0 Å². The van der Waals surface area contributed by atoms with Gasteiger partial charge in [-0.15, -0.1) is 0 Å². The summed E-state index contributed by atoms with van der Waals surface area (Å²) < 4.78 is 7.07. The summed E-state index contributed by atoms with van der Waals surface area (Å²) in [5.41, 5.74) is 3.07. The quantitative estimate of drug-likeness (QED) is 0.759. The summed E-state index contributed by atoms with van der Waals surface area (Å²) in [4.78, 5) is 4.21. The van der Waals surface area contributed by atoms with Crippen molar-refractivity contribution < 1.29 is 14.9 Å². The summed E-state index contributed by atoms with van der Waals surface area (Å²) in [6, 6.07) is 10.8. The number of aromatic hydroxyl groups is 2. The maximum absolute atomic E-state index is 10.3. The van der Waals surface area contributed by atoms with Crippen LogP contribution in [-0.2, 0) is 0 Å². The van der Waals surface area contributed by atoms with E-state index in [0.29, 0.717) is 5.56 Å². The van der Waals surface area contributed by atoms with E-state index in [2.05, 4.69) is 4.98 Å². The lowest BCUT2D eigenvalue weighted by Gasteiger charge is -2.14. The molecule has 0 fully saturated rings. The lowest BCUT2D eigenvalue weighted by Crippen LogP contribution is -1.97. The third kappa shape index (κ3) is 2.80. The standard InChI is InChI=1S/C19H20N2O3/c1-12(2)15-8-16(19(23)9-18(15)22)17-10-20-11-21(17)13-4-6-14(24-3)7-5-13/h4-12,22-23H,1-3H3. The number of hydrogen-bond acceptors (Lipinski definition) is 4. The number of aromatic nitrogens is 2. The summed E-state index contributed by atoms with van der Waals surface area (Å²) in [5.74, 6) is 1.03. The molecule has 3 rings (SSSR count). The lowest BCUT2D eigenvalue weighted by molar-refractivity contribution is 0.414. The van der Waals surface area contributed by atoms with Gasteiger partial charge >= 0.3 is 0 Å². The van der Waals surface area contributed by atoms with Crippen molar-refractivity contribution in [3.05, 3.63) is 54.5 Å². The molecular formula is C19H20N2O3. The van der Waals surface area contributed by atoms with Crippen LogP contribution in [0.4, 0.5) is 0 Å². The van der Waals surface area contributed by atoms with E-state index in [1.165, 1.54) is 6.07 Å². The number of phenolic OH excluding ortho intramolecular Hbond substituents is 2. The van der Waals surface area contributed by atoms with Crippen LogP contribution in [-0.4, -0.2) is 26.9 Å². The van der Waals surface area contributed by atoms with Crippen LogP contribution in [0.15, 0.2) is 48.9 Å². The molecule has 24 heavy (non-hydrogen) atoms. The van der Waals surface area contributed by atoms with E-state index in [-0.39, 0.29) is 17.4 Å². The maximum atomic E-state index is 10.3. The van der Waals surface area contributed by atoms with E-state index in [4.69, 9.17) is 4.74 Å². The Morgan fingerprint density at radius 1 is 1.04 bits per heavy atom. The van der Waals surface area contributed by atoms with Crippen molar-refractivity contribution >= 4 is 0 Å². The molecule has 0 radical (unpaired) electrons. The molecule has 1 aromatic heterocycles. The first-order valence-electron chi connectivity index (χ1n) is 7.74. The van der Waals surface area contributed by atoms with E-state index in [1.807, 2.05) is 48.7 Å². The minimum Gasteiger partial charge on any atom is -0.508 e. The van der Waals surface area contributed by atoms with Gasteiger partial charge in [-0.05, 0) is 41.8 Å². The van der Waals surface area contributed by atoms with Crippen molar-refractivity contribution in [2.24, 2.45) is 0 Å². The molecule has 0 amide bonds. The van der Waals surface area contributed by atoms with E-state index in [0.717, 1.165) is 22.7 Å². The lowest BCUT2D eigenvalue weighted by atomic mass is 9.97. The molecule has 0 spiro atoms. The average molecular weight is 324 g/mol. The Bertz CT molecular complexity index is 852. The predicted molar refractivity (Wildman–Crippen MR) is 93.0 cm³/mol. The van der Waals surface area contributed by atoms with Crippen molar-refractivity contribution in [1.29, 1.82) is 0 Å². The molecule has 0 unspecified atom stereocenters. The summed E-state index contributed by atoms with van der Waals surface area (Å²) in [7, 11) is 1.62. The van der Waals surface area contributed by atoms with Crippen molar-refractivity contribution in [3.63, 3.8) is 0 Å². The van der Waals surface area contributed by atoms with Crippen molar-refractivity contribution in [1.82, 2.24) is 9.55 Å². The molecule has 0 aliphatic rings. The molecule has 124 valence electrons. The largest absolute Gasteiger partial charge is 0.508 e. The zero-order valence-corrected chi connectivity index (χ0v) is 13.9.